The van der Waals surface area contributed by atoms with Crippen molar-refractivity contribution in [1.82, 2.24) is 0 Å². The maximum absolute atomic E-state index is 13.2. The van der Waals surface area contributed by atoms with Crippen LogP contribution in [-0.4, -0.2) is 5.78 Å². The van der Waals surface area contributed by atoms with E-state index in [-0.39, 0.29) is 5.56 Å². The van der Waals surface area contributed by atoms with Crippen LogP contribution in [0.25, 0.3) is 10.1 Å². The van der Waals surface area contributed by atoms with Crippen molar-refractivity contribution in [3.63, 3.8) is 0 Å². The number of benzene rings is 2. The molecule has 0 amide bonds. The van der Waals surface area contributed by atoms with Crippen LogP contribution in [0.1, 0.15) is 15.9 Å². The van der Waals surface area contributed by atoms with E-state index in [0.717, 1.165) is 9.17 Å². The number of halogens is 4. The minimum absolute atomic E-state index is 0.217. The second-order valence-corrected chi connectivity index (χ2v) is 6.08. The molecule has 1 heterocycles. The summed E-state index contributed by atoms with van der Waals surface area (Å²) in [5.74, 6) is -4.88. The van der Waals surface area contributed by atoms with Crippen LogP contribution in [0.15, 0.2) is 40.2 Å². The number of hydrogen-bond acceptors (Lipinski definition) is 2. The Balaban J connectivity index is 2.15. The Morgan fingerprint density at radius 2 is 1.76 bits per heavy atom. The first-order valence-corrected chi connectivity index (χ1v) is 7.51. The lowest BCUT2D eigenvalue weighted by atomic mass is 10.0. The number of carbonyl (C=O) groups excluding carboxylic acids is 1. The van der Waals surface area contributed by atoms with E-state index >= 15 is 0 Å². The molecule has 0 saturated carbocycles. The Hall–Kier alpha value is -1.66. The van der Waals surface area contributed by atoms with Gasteiger partial charge in [-0.1, -0.05) is 12.1 Å². The average Bonchev–Trinajstić information content (AvgIpc) is 2.89. The second-order valence-electron chi connectivity index (χ2n) is 4.35. The topological polar surface area (TPSA) is 17.1 Å². The molecule has 0 unspecified atom stereocenters. The third kappa shape index (κ3) is 2.38. The average molecular weight is 371 g/mol. The minimum atomic E-state index is -1.58. The number of fused-ring (bicyclic) bond motifs is 1. The highest BCUT2D eigenvalue weighted by atomic mass is 79.9. The Labute approximate surface area is 130 Å². The zero-order valence-electron chi connectivity index (χ0n) is 10.3. The maximum Gasteiger partial charge on any atom is 0.194 e. The van der Waals surface area contributed by atoms with Gasteiger partial charge in [-0.15, -0.1) is 11.3 Å². The summed E-state index contributed by atoms with van der Waals surface area (Å²) in [5, 5.41) is 2.31. The summed E-state index contributed by atoms with van der Waals surface area (Å²) in [4.78, 5) is 12.4. The molecule has 3 rings (SSSR count). The highest BCUT2D eigenvalue weighted by Gasteiger charge is 2.19. The van der Waals surface area contributed by atoms with Crippen LogP contribution in [-0.2, 0) is 0 Å². The summed E-state index contributed by atoms with van der Waals surface area (Å²) in [6.07, 6.45) is 0. The van der Waals surface area contributed by atoms with Crippen molar-refractivity contribution >= 4 is 43.1 Å². The molecule has 106 valence electrons. The Bertz CT molecular complexity index is 849. The molecule has 1 nitrogen and oxygen atoms in total. The molecular formula is C15H6BrF3OS. The van der Waals surface area contributed by atoms with Crippen molar-refractivity contribution in [2.45, 2.75) is 0 Å². The largest absolute Gasteiger partial charge is 0.289 e. The van der Waals surface area contributed by atoms with Gasteiger partial charge < -0.3 is 0 Å². The standard InChI is InChI=1S/C15H6BrF3OS/c16-10-3-1-2-8-9(6-21-15(8)10)14(20)7-4-11(17)13(19)12(18)5-7/h1-6H. The van der Waals surface area contributed by atoms with Crippen LogP contribution < -0.4 is 0 Å². The predicted molar refractivity (Wildman–Crippen MR) is 79.3 cm³/mol. The van der Waals surface area contributed by atoms with Gasteiger partial charge in [0, 0.05) is 31.1 Å². The van der Waals surface area contributed by atoms with Crippen LogP contribution >= 0.6 is 27.3 Å². The molecule has 0 aliphatic rings. The molecule has 0 saturated heterocycles. The van der Waals surface area contributed by atoms with Gasteiger partial charge in [0.2, 0.25) is 0 Å². The van der Waals surface area contributed by atoms with Crippen molar-refractivity contribution in [3.8, 4) is 0 Å². The number of hydrogen-bond donors (Lipinski definition) is 0. The van der Waals surface area contributed by atoms with Crippen molar-refractivity contribution in [2.24, 2.45) is 0 Å². The molecule has 0 spiro atoms. The lowest BCUT2D eigenvalue weighted by Crippen LogP contribution is -2.04. The minimum Gasteiger partial charge on any atom is -0.289 e. The fourth-order valence-corrected chi connectivity index (χ4v) is 3.64. The molecule has 0 aliphatic heterocycles. The van der Waals surface area contributed by atoms with Crippen molar-refractivity contribution in [3.05, 3.63) is 68.8 Å². The zero-order chi connectivity index (χ0) is 15.1. The number of carbonyl (C=O) groups is 1. The van der Waals surface area contributed by atoms with E-state index in [1.54, 1.807) is 17.5 Å². The molecule has 0 fully saturated rings. The van der Waals surface area contributed by atoms with Crippen LogP contribution in [0.3, 0.4) is 0 Å². The maximum atomic E-state index is 13.2. The first kappa shape index (κ1) is 14.3. The lowest BCUT2D eigenvalue weighted by molar-refractivity contribution is 0.103. The number of thiophene rings is 1. The molecule has 0 aliphatic carbocycles. The highest BCUT2D eigenvalue weighted by molar-refractivity contribution is 9.10. The monoisotopic (exact) mass is 370 g/mol. The van der Waals surface area contributed by atoms with Gasteiger partial charge in [0.15, 0.2) is 23.2 Å². The SMILES string of the molecule is O=C(c1cc(F)c(F)c(F)c1)c1csc2c(Br)cccc12. The summed E-state index contributed by atoms with van der Waals surface area (Å²) in [5.41, 5.74) is 0.118. The van der Waals surface area contributed by atoms with E-state index in [2.05, 4.69) is 15.9 Å². The number of ketones is 1. The van der Waals surface area contributed by atoms with E-state index in [1.807, 2.05) is 6.07 Å². The summed E-state index contributed by atoms with van der Waals surface area (Å²) in [6.45, 7) is 0. The molecule has 6 heteroatoms. The van der Waals surface area contributed by atoms with E-state index < -0.39 is 23.2 Å². The summed E-state index contributed by atoms with van der Waals surface area (Å²) in [6, 6.07) is 6.77. The van der Waals surface area contributed by atoms with Crippen molar-refractivity contribution in [1.29, 1.82) is 0 Å². The molecule has 21 heavy (non-hydrogen) atoms. The molecule has 2 aromatic carbocycles. The molecule has 1 aromatic heterocycles. The lowest BCUT2D eigenvalue weighted by Gasteiger charge is -2.02. The van der Waals surface area contributed by atoms with Gasteiger partial charge in [0.05, 0.1) is 0 Å². The Morgan fingerprint density at radius 3 is 2.43 bits per heavy atom. The first-order chi connectivity index (χ1) is 9.99. The molecular weight excluding hydrogens is 365 g/mol. The van der Waals surface area contributed by atoms with Crippen molar-refractivity contribution in [2.75, 3.05) is 0 Å². The van der Waals surface area contributed by atoms with E-state index in [1.165, 1.54) is 11.3 Å². The van der Waals surface area contributed by atoms with Crippen LogP contribution in [0, 0.1) is 17.5 Å². The van der Waals surface area contributed by atoms with Gasteiger partial charge >= 0.3 is 0 Å². The molecule has 0 N–H and O–H groups in total. The zero-order valence-corrected chi connectivity index (χ0v) is 12.7. The van der Waals surface area contributed by atoms with Crippen LogP contribution in [0.2, 0.25) is 0 Å². The normalized spacial score (nSPS) is 11.0. The number of rotatable bonds is 2. The second kappa shape index (κ2) is 5.27. The van der Waals surface area contributed by atoms with Gasteiger partial charge in [-0.2, -0.15) is 0 Å². The summed E-state index contributed by atoms with van der Waals surface area (Å²) < 4.78 is 41.2. The first-order valence-electron chi connectivity index (χ1n) is 5.84. The van der Waals surface area contributed by atoms with Gasteiger partial charge in [-0.3, -0.25) is 4.79 Å². The van der Waals surface area contributed by atoms with E-state index in [0.29, 0.717) is 23.1 Å². The van der Waals surface area contributed by atoms with Crippen molar-refractivity contribution < 1.29 is 18.0 Å². The van der Waals surface area contributed by atoms with Crippen LogP contribution in [0.4, 0.5) is 13.2 Å². The predicted octanol–water partition coefficient (Wildman–Crippen LogP) is 5.31. The quantitative estimate of drug-likeness (QED) is 0.441. The van der Waals surface area contributed by atoms with Crippen LogP contribution in [0.5, 0.6) is 0 Å². The fourth-order valence-electron chi connectivity index (χ4n) is 2.04. The van der Waals surface area contributed by atoms with Gasteiger partial charge in [0.25, 0.3) is 0 Å². The van der Waals surface area contributed by atoms with Gasteiger partial charge in [0.1, 0.15) is 0 Å². The summed E-state index contributed by atoms with van der Waals surface area (Å²) in [7, 11) is 0. The third-order valence-corrected chi connectivity index (χ3v) is 4.99. The molecule has 0 atom stereocenters. The molecule has 3 aromatic rings. The smallest absolute Gasteiger partial charge is 0.194 e. The van der Waals surface area contributed by atoms with Gasteiger partial charge in [-0.05, 0) is 34.1 Å². The van der Waals surface area contributed by atoms with Gasteiger partial charge in [-0.25, -0.2) is 13.2 Å². The molecule has 0 bridgehead atoms. The highest BCUT2D eigenvalue weighted by Crippen LogP contribution is 2.33. The fraction of sp³-hybridized carbons (Fsp3) is 0. The summed E-state index contributed by atoms with van der Waals surface area (Å²) >= 11 is 4.72. The third-order valence-electron chi connectivity index (χ3n) is 3.04. The Morgan fingerprint density at radius 1 is 1.10 bits per heavy atom. The van der Waals surface area contributed by atoms with E-state index in [4.69, 9.17) is 0 Å². The Kier molecular flexibility index (Phi) is 3.59. The van der Waals surface area contributed by atoms with E-state index in [9.17, 15) is 18.0 Å². The molecule has 0 radical (unpaired) electrons.